The molecular formula is C25H37N3O3S. The molecule has 176 valence electrons. The van der Waals surface area contributed by atoms with Gasteiger partial charge in [-0.3, -0.25) is 9.62 Å². The van der Waals surface area contributed by atoms with Crippen LogP contribution in [0, 0.1) is 0 Å². The Kier molecular flexibility index (Phi) is 8.82. The summed E-state index contributed by atoms with van der Waals surface area (Å²) in [5.41, 5.74) is 2.97. The van der Waals surface area contributed by atoms with Gasteiger partial charge in [0.05, 0.1) is 18.0 Å². The molecule has 6 nitrogen and oxygen atoms in total. The van der Waals surface area contributed by atoms with E-state index in [1.807, 2.05) is 18.2 Å². The minimum Gasteiger partial charge on any atom is -0.495 e. The zero-order valence-corrected chi connectivity index (χ0v) is 20.4. The van der Waals surface area contributed by atoms with Crippen LogP contribution in [0.25, 0.3) is 0 Å². The molecule has 0 radical (unpaired) electrons. The quantitative estimate of drug-likeness (QED) is 0.505. The third-order valence-electron chi connectivity index (χ3n) is 6.07. The molecule has 1 heterocycles. The second-order valence-electron chi connectivity index (χ2n) is 8.71. The van der Waals surface area contributed by atoms with Crippen molar-refractivity contribution >= 4 is 21.4 Å². The fourth-order valence-electron chi connectivity index (χ4n) is 3.97. The Labute approximate surface area is 193 Å². The van der Waals surface area contributed by atoms with Crippen molar-refractivity contribution in [1.82, 2.24) is 4.90 Å². The number of methoxy groups -OCH3 is 1. The standard InChI is InChI=1S/C25H37N3O3S/c1-21(2)32(29,30)26-24-20-22(13-14-25(24)31-3)10-6-5-9-15-27-16-18-28(19-17-27)23-11-7-4-8-12-23/h4,7-8,11-14,20-21,26H,5-6,9-10,15-19H2,1-3H3. The molecule has 1 N–H and O–H groups in total. The number of benzene rings is 2. The summed E-state index contributed by atoms with van der Waals surface area (Å²) in [6, 6.07) is 16.4. The van der Waals surface area contributed by atoms with Crippen molar-refractivity contribution in [3.8, 4) is 5.75 Å². The molecule has 3 rings (SSSR count). The van der Waals surface area contributed by atoms with Gasteiger partial charge in [-0.05, 0) is 69.5 Å². The van der Waals surface area contributed by atoms with E-state index < -0.39 is 15.3 Å². The summed E-state index contributed by atoms with van der Waals surface area (Å²) in [5, 5.41) is -0.495. The Morgan fingerprint density at radius 3 is 2.34 bits per heavy atom. The first-order valence-corrected chi connectivity index (χ1v) is 13.1. The van der Waals surface area contributed by atoms with Crippen LogP contribution in [0.5, 0.6) is 5.75 Å². The lowest BCUT2D eigenvalue weighted by atomic mass is 10.1. The van der Waals surface area contributed by atoms with Crippen molar-refractivity contribution in [3.05, 3.63) is 54.1 Å². The Balaban J connectivity index is 1.40. The van der Waals surface area contributed by atoms with E-state index in [0.717, 1.165) is 57.5 Å². The Hall–Kier alpha value is -2.25. The van der Waals surface area contributed by atoms with E-state index in [0.29, 0.717) is 11.4 Å². The van der Waals surface area contributed by atoms with Crippen LogP contribution >= 0.6 is 0 Å². The SMILES string of the molecule is COc1ccc(CCCCCN2CCN(c3ccccc3)CC2)cc1NS(=O)(=O)C(C)C. The second-order valence-corrected chi connectivity index (χ2v) is 10.9. The molecule has 0 aromatic heterocycles. The zero-order valence-electron chi connectivity index (χ0n) is 19.6. The first kappa shape index (κ1) is 24.4. The highest BCUT2D eigenvalue weighted by Gasteiger charge is 2.18. The van der Waals surface area contributed by atoms with Gasteiger partial charge in [-0.1, -0.05) is 30.7 Å². The van der Waals surface area contributed by atoms with Gasteiger partial charge in [0.25, 0.3) is 0 Å². The first-order valence-electron chi connectivity index (χ1n) is 11.6. The van der Waals surface area contributed by atoms with Crippen LogP contribution in [0.1, 0.15) is 38.7 Å². The largest absolute Gasteiger partial charge is 0.495 e. The Bertz CT molecular complexity index is 940. The molecule has 0 unspecified atom stereocenters. The first-order chi connectivity index (χ1) is 15.4. The average Bonchev–Trinajstić information content (AvgIpc) is 2.80. The summed E-state index contributed by atoms with van der Waals surface area (Å²) in [4.78, 5) is 5.02. The van der Waals surface area contributed by atoms with Gasteiger partial charge in [0.15, 0.2) is 0 Å². The fraction of sp³-hybridized carbons (Fsp3) is 0.520. The van der Waals surface area contributed by atoms with Gasteiger partial charge in [0.2, 0.25) is 10.0 Å². The number of aryl methyl sites for hydroxylation is 1. The number of nitrogens with one attached hydrogen (secondary N) is 1. The van der Waals surface area contributed by atoms with E-state index in [-0.39, 0.29) is 0 Å². The average molecular weight is 460 g/mol. The highest BCUT2D eigenvalue weighted by molar-refractivity contribution is 7.93. The van der Waals surface area contributed by atoms with Gasteiger partial charge in [0, 0.05) is 31.9 Å². The summed E-state index contributed by atoms with van der Waals surface area (Å²) in [6.07, 6.45) is 4.38. The number of hydrogen-bond acceptors (Lipinski definition) is 5. The van der Waals surface area contributed by atoms with E-state index in [9.17, 15) is 8.42 Å². The van der Waals surface area contributed by atoms with Crippen molar-refractivity contribution in [2.24, 2.45) is 0 Å². The van der Waals surface area contributed by atoms with Crippen LogP contribution in [-0.2, 0) is 16.4 Å². The lowest BCUT2D eigenvalue weighted by molar-refractivity contribution is 0.252. The van der Waals surface area contributed by atoms with E-state index >= 15 is 0 Å². The van der Waals surface area contributed by atoms with Crippen molar-refractivity contribution in [1.29, 1.82) is 0 Å². The number of nitrogens with zero attached hydrogens (tertiary/aromatic N) is 2. The van der Waals surface area contributed by atoms with Crippen LogP contribution in [-0.4, -0.2) is 58.4 Å². The summed E-state index contributed by atoms with van der Waals surface area (Å²) >= 11 is 0. The zero-order chi connectivity index (χ0) is 23.0. The van der Waals surface area contributed by atoms with Crippen LogP contribution in [0.2, 0.25) is 0 Å². The van der Waals surface area contributed by atoms with E-state index in [1.165, 1.54) is 12.1 Å². The third kappa shape index (κ3) is 6.87. The molecule has 2 aromatic rings. The third-order valence-corrected chi connectivity index (χ3v) is 7.82. The number of rotatable bonds is 11. The second kappa shape index (κ2) is 11.6. The molecule has 7 heteroatoms. The molecule has 0 atom stereocenters. The lowest BCUT2D eigenvalue weighted by Gasteiger charge is -2.36. The molecular weight excluding hydrogens is 422 g/mol. The maximum Gasteiger partial charge on any atom is 0.235 e. The van der Waals surface area contributed by atoms with Gasteiger partial charge < -0.3 is 9.64 Å². The minimum absolute atomic E-state index is 0.495. The number of unbranched alkanes of at least 4 members (excludes halogenated alkanes) is 2. The molecule has 0 amide bonds. The van der Waals surface area contributed by atoms with E-state index in [1.54, 1.807) is 21.0 Å². The molecule has 0 spiro atoms. The number of para-hydroxylation sites is 1. The summed E-state index contributed by atoms with van der Waals surface area (Å²) < 4.78 is 32.5. The lowest BCUT2D eigenvalue weighted by Crippen LogP contribution is -2.46. The molecule has 1 aliphatic rings. The van der Waals surface area contributed by atoms with Gasteiger partial charge in [-0.25, -0.2) is 8.42 Å². The number of hydrogen-bond donors (Lipinski definition) is 1. The van der Waals surface area contributed by atoms with Gasteiger partial charge in [-0.15, -0.1) is 0 Å². The predicted octanol–water partition coefficient (Wildman–Crippen LogP) is 4.38. The van der Waals surface area contributed by atoms with E-state index in [2.05, 4.69) is 44.9 Å². The van der Waals surface area contributed by atoms with Crippen molar-refractivity contribution in [2.75, 3.05) is 49.5 Å². The van der Waals surface area contributed by atoms with Gasteiger partial charge >= 0.3 is 0 Å². The van der Waals surface area contributed by atoms with Crippen LogP contribution in [0.4, 0.5) is 11.4 Å². The smallest absolute Gasteiger partial charge is 0.235 e. The molecule has 2 aromatic carbocycles. The van der Waals surface area contributed by atoms with Crippen LogP contribution < -0.4 is 14.4 Å². The molecule has 0 aliphatic carbocycles. The minimum atomic E-state index is -3.40. The summed E-state index contributed by atoms with van der Waals surface area (Å²) in [7, 11) is -1.85. The normalized spacial score (nSPS) is 15.2. The van der Waals surface area contributed by atoms with Crippen molar-refractivity contribution < 1.29 is 13.2 Å². The maximum atomic E-state index is 12.3. The Morgan fingerprint density at radius 2 is 1.69 bits per heavy atom. The maximum absolute atomic E-state index is 12.3. The van der Waals surface area contributed by atoms with Crippen LogP contribution in [0.3, 0.4) is 0 Å². The number of anilines is 2. The highest BCUT2D eigenvalue weighted by Crippen LogP contribution is 2.28. The molecule has 1 fully saturated rings. The van der Waals surface area contributed by atoms with Gasteiger partial charge in [0.1, 0.15) is 5.75 Å². The van der Waals surface area contributed by atoms with Crippen molar-refractivity contribution in [2.45, 2.75) is 44.8 Å². The predicted molar refractivity (Wildman–Crippen MR) is 133 cm³/mol. The molecule has 1 saturated heterocycles. The molecule has 0 saturated carbocycles. The summed E-state index contributed by atoms with van der Waals surface area (Å²) in [6.45, 7) is 8.89. The molecule has 32 heavy (non-hydrogen) atoms. The van der Waals surface area contributed by atoms with Crippen molar-refractivity contribution in [3.63, 3.8) is 0 Å². The Morgan fingerprint density at radius 1 is 0.969 bits per heavy atom. The van der Waals surface area contributed by atoms with Gasteiger partial charge in [-0.2, -0.15) is 0 Å². The summed E-state index contributed by atoms with van der Waals surface area (Å²) in [5.74, 6) is 0.549. The molecule has 0 bridgehead atoms. The molecule has 1 aliphatic heterocycles. The number of ether oxygens (including phenoxy) is 1. The number of piperazine rings is 1. The topological polar surface area (TPSA) is 61.9 Å². The monoisotopic (exact) mass is 459 g/mol. The fourth-order valence-corrected chi connectivity index (χ4v) is 4.67. The van der Waals surface area contributed by atoms with E-state index in [4.69, 9.17) is 4.74 Å². The van der Waals surface area contributed by atoms with Crippen LogP contribution in [0.15, 0.2) is 48.5 Å². The highest BCUT2D eigenvalue weighted by atomic mass is 32.2. The number of sulfonamides is 1.